The van der Waals surface area contributed by atoms with Gasteiger partial charge < -0.3 is 24.2 Å². The first-order valence-corrected chi connectivity index (χ1v) is 7.29. The Morgan fingerprint density at radius 1 is 1.17 bits per heavy atom. The first-order valence-electron chi connectivity index (χ1n) is 7.29. The zero-order valence-electron chi connectivity index (χ0n) is 13.5. The number of hydrogen-bond acceptors (Lipinski definition) is 5. The van der Waals surface area contributed by atoms with Crippen molar-refractivity contribution < 1.29 is 28.9 Å². The number of carboxylic acids is 1. The topological polar surface area (TPSA) is 85.3 Å². The second-order valence-electron chi connectivity index (χ2n) is 5.37. The summed E-state index contributed by atoms with van der Waals surface area (Å²) in [5, 5.41) is 9.01. The fourth-order valence-electron chi connectivity index (χ4n) is 2.71. The Morgan fingerprint density at radius 2 is 1.78 bits per heavy atom. The molecule has 0 bridgehead atoms. The fourth-order valence-corrected chi connectivity index (χ4v) is 2.71. The van der Waals surface area contributed by atoms with Gasteiger partial charge in [-0.2, -0.15) is 0 Å². The Labute approximate surface area is 134 Å². The van der Waals surface area contributed by atoms with Gasteiger partial charge in [-0.15, -0.1) is 0 Å². The zero-order valence-corrected chi connectivity index (χ0v) is 13.5. The summed E-state index contributed by atoms with van der Waals surface area (Å²) in [4.78, 5) is 24.9. The molecule has 126 valence electrons. The fraction of sp³-hybridized carbons (Fsp3) is 0.500. The van der Waals surface area contributed by atoms with Crippen LogP contribution >= 0.6 is 0 Å². The number of likely N-dealkylation sites (tertiary alicyclic amines) is 1. The molecule has 0 radical (unpaired) electrons. The van der Waals surface area contributed by atoms with Crippen molar-refractivity contribution in [2.45, 2.75) is 12.8 Å². The van der Waals surface area contributed by atoms with Gasteiger partial charge in [0.25, 0.3) is 0 Å². The summed E-state index contributed by atoms with van der Waals surface area (Å²) in [6.07, 6.45) is 0.652. The standard InChI is InChI=1S/C16H21NO6/c1-21-12-6-10(7-13(22-2)15(12)23-3)8-14(18)17-5-4-11(9-17)16(19)20/h6-7,11H,4-5,8-9H2,1-3H3,(H,19,20). The second kappa shape index (κ2) is 7.21. The maximum absolute atomic E-state index is 12.4. The smallest absolute Gasteiger partial charge is 0.308 e. The summed E-state index contributed by atoms with van der Waals surface area (Å²) in [5.41, 5.74) is 0.725. The first-order chi connectivity index (χ1) is 11.0. The van der Waals surface area contributed by atoms with Crippen LogP contribution in [-0.2, 0) is 16.0 Å². The predicted octanol–water partition coefficient (Wildman–Crippen LogP) is 1.19. The molecule has 0 saturated carbocycles. The van der Waals surface area contributed by atoms with Crippen LogP contribution in [0.1, 0.15) is 12.0 Å². The highest BCUT2D eigenvalue weighted by molar-refractivity contribution is 5.81. The minimum atomic E-state index is -0.854. The van der Waals surface area contributed by atoms with E-state index >= 15 is 0 Å². The van der Waals surface area contributed by atoms with Crippen LogP contribution in [0.25, 0.3) is 0 Å². The van der Waals surface area contributed by atoms with Gasteiger partial charge in [-0.3, -0.25) is 9.59 Å². The molecule has 7 heteroatoms. The molecule has 7 nitrogen and oxygen atoms in total. The monoisotopic (exact) mass is 323 g/mol. The Kier molecular flexibility index (Phi) is 5.31. The third kappa shape index (κ3) is 3.67. The second-order valence-corrected chi connectivity index (χ2v) is 5.37. The largest absolute Gasteiger partial charge is 0.493 e. The predicted molar refractivity (Wildman–Crippen MR) is 82.1 cm³/mol. The van der Waals surface area contributed by atoms with Crippen LogP contribution in [0.3, 0.4) is 0 Å². The van der Waals surface area contributed by atoms with E-state index in [0.717, 1.165) is 5.56 Å². The molecule has 0 aliphatic carbocycles. The summed E-state index contributed by atoms with van der Waals surface area (Å²) in [5.74, 6) is 0.00674. The summed E-state index contributed by atoms with van der Waals surface area (Å²) < 4.78 is 15.8. The SMILES string of the molecule is COc1cc(CC(=O)N2CCC(C(=O)O)C2)cc(OC)c1OC. The van der Waals surface area contributed by atoms with Crippen LogP contribution in [0.4, 0.5) is 0 Å². The highest BCUT2D eigenvalue weighted by Gasteiger charge is 2.30. The molecule has 2 rings (SSSR count). The van der Waals surface area contributed by atoms with Gasteiger partial charge in [-0.1, -0.05) is 0 Å². The normalized spacial score (nSPS) is 17.0. The van der Waals surface area contributed by atoms with Crippen molar-refractivity contribution >= 4 is 11.9 Å². The minimum Gasteiger partial charge on any atom is -0.493 e. The Morgan fingerprint density at radius 3 is 2.22 bits per heavy atom. The Balaban J connectivity index is 2.14. The summed E-state index contributed by atoms with van der Waals surface area (Å²) in [7, 11) is 4.54. The molecule has 1 aromatic rings. The number of aliphatic carboxylic acids is 1. The van der Waals surface area contributed by atoms with Crippen molar-refractivity contribution in [2.24, 2.45) is 5.92 Å². The van der Waals surface area contributed by atoms with Gasteiger partial charge in [0.2, 0.25) is 11.7 Å². The molecule has 0 aromatic heterocycles. The van der Waals surface area contributed by atoms with Crippen LogP contribution in [0.15, 0.2) is 12.1 Å². The van der Waals surface area contributed by atoms with Crippen molar-refractivity contribution in [2.75, 3.05) is 34.4 Å². The number of nitrogens with zero attached hydrogens (tertiary/aromatic N) is 1. The molecule has 23 heavy (non-hydrogen) atoms. The first kappa shape index (κ1) is 16.9. The number of benzene rings is 1. The molecule has 1 aliphatic rings. The van der Waals surface area contributed by atoms with Gasteiger partial charge >= 0.3 is 5.97 Å². The Hall–Kier alpha value is -2.44. The van der Waals surface area contributed by atoms with Crippen LogP contribution in [-0.4, -0.2) is 56.3 Å². The van der Waals surface area contributed by atoms with Gasteiger partial charge in [0, 0.05) is 13.1 Å². The van der Waals surface area contributed by atoms with E-state index in [0.29, 0.717) is 30.2 Å². The number of methoxy groups -OCH3 is 3. The van der Waals surface area contributed by atoms with Gasteiger partial charge in [-0.25, -0.2) is 0 Å². The number of rotatable bonds is 6. The summed E-state index contributed by atoms with van der Waals surface area (Å²) in [6.45, 7) is 0.735. The third-order valence-corrected chi connectivity index (χ3v) is 3.97. The van der Waals surface area contributed by atoms with Gasteiger partial charge in [0.15, 0.2) is 11.5 Å². The van der Waals surface area contributed by atoms with E-state index in [4.69, 9.17) is 19.3 Å². The molecule has 1 unspecified atom stereocenters. The lowest BCUT2D eigenvalue weighted by Crippen LogP contribution is -2.31. The van der Waals surface area contributed by atoms with Crippen molar-refractivity contribution in [1.29, 1.82) is 0 Å². The van der Waals surface area contributed by atoms with Crippen LogP contribution in [0, 0.1) is 5.92 Å². The van der Waals surface area contributed by atoms with E-state index in [2.05, 4.69) is 0 Å². The number of carboxylic acid groups (broad SMARTS) is 1. The maximum atomic E-state index is 12.4. The van der Waals surface area contributed by atoms with E-state index in [1.165, 1.54) is 21.3 Å². The zero-order chi connectivity index (χ0) is 17.0. The molecule has 1 fully saturated rings. The quantitative estimate of drug-likeness (QED) is 0.846. The van der Waals surface area contributed by atoms with E-state index in [-0.39, 0.29) is 18.9 Å². The molecule has 1 amide bonds. The lowest BCUT2D eigenvalue weighted by molar-refractivity contribution is -0.141. The van der Waals surface area contributed by atoms with Crippen LogP contribution in [0.2, 0.25) is 0 Å². The van der Waals surface area contributed by atoms with Crippen LogP contribution < -0.4 is 14.2 Å². The van der Waals surface area contributed by atoms with E-state index in [9.17, 15) is 9.59 Å². The lowest BCUT2D eigenvalue weighted by Gasteiger charge is -2.17. The van der Waals surface area contributed by atoms with Crippen molar-refractivity contribution in [1.82, 2.24) is 4.90 Å². The lowest BCUT2D eigenvalue weighted by atomic mass is 10.1. The molecule has 0 spiro atoms. The summed E-state index contributed by atoms with van der Waals surface area (Å²) in [6, 6.07) is 3.45. The van der Waals surface area contributed by atoms with Gasteiger partial charge in [-0.05, 0) is 24.1 Å². The number of amides is 1. The van der Waals surface area contributed by atoms with Crippen molar-refractivity contribution in [3.05, 3.63) is 17.7 Å². The number of ether oxygens (including phenoxy) is 3. The van der Waals surface area contributed by atoms with Gasteiger partial charge in [0.05, 0.1) is 33.7 Å². The van der Waals surface area contributed by atoms with Crippen molar-refractivity contribution in [3.8, 4) is 17.2 Å². The maximum Gasteiger partial charge on any atom is 0.308 e. The average molecular weight is 323 g/mol. The Bertz CT molecular complexity index is 575. The average Bonchev–Trinajstić information content (AvgIpc) is 3.04. The molecule has 1 atom stereocenters. The molecule has 1 heterocycles. The highest BCUT2D eigenvalue weighted by Crippen LogP contribution is 2.38. The molecular weight excluding hydrogens is 302 g/mol. The minimum absolute atomic E-state index is 0.108. The van der Waals surface area contributed by atoms with Gasteiger partial charge in [0.1, 0.15) is 0 Å². The van der Waals surface area contributed by atoms with E-state index in [1.807, 2.05) is 0 Å². The molecule has 1 N–H and O–H groups in total. The molecule has 1 aromatic carbocycles. The van der Waals surface area contributed by atoms with Crippen LogP contribution in [0.5, 0.6) is 17.2 Å². The van der Waals surface area contributed by atoms with Crippen molar-refractivity contribution in [3.63, 3.8) is 0 Å². The van der Waals surface area contributed by atoms with E-state index in [1.54, 1.807) is 17.0 Å². The van der Waals surface area contributed by atoms with E-state index < -0.39 is 11.9 Å². The summed E-state index contributed by atoms with van der Waals surface area (Å²) >= 11 is 0. The third-order valence-electron chi connectivity index (χ3n) is 3.97. The highest BCUT2D eigenvalue weighted by atomic mass is 16.5. The number of hydrogen-bond donors (Lipinski definition) is 1. The molecular formula is C16H21NO6. The molecule has 1 aliphatic heterocycles. The number of carbonyl (C=O) groups excluding carboxylic acids is 1. The number of carbonyl (C=O) groups is 2. The molecule has 1 saturated heterocycles.